The van der Waals surface area contributed by atoms with E-state index >= 15 is 0 Å². The van der Waals surface area contributed by atoms with E-state index in [-0.39, 0.29) is 23.7 Å². The van der Waals surface area contributed by atoms with Gasteiger partial charge in [-0.15, -0.1) is 0 Å². The van der Waals surface area contributed by atoms with Gasteiger partial charge in [0.25, 0.3) is 0 Å². The van der Waals surface area contributed by atoms with Crippen LogP contribution >= 0.6 is 0 Å². The Bertz CT molecular complexity index is 856. The molecule has 0 unspecified atom stereocenters. The van der Waals surface area contributed by atoms with Crippen LogP contribution in [0.2, 0.25) is 0 Å². The second-order valence-electron chi connectivity index (χ2n) is 7.22. The molecule has 0 radical (unpaired) electrons. The van der Waals surface area contributed by atoms with Crippen LogP contribution in [0.15, 0.2) is 107 Å². The van der Waals surface area contributed by atoms with Gasteiger partial charge >= 0.3 is 0 Å². The van der Waals surface area contributed by atoms with E-state index in [2.05, 4.69) is 6.92 Å². The van der Waals surface area contributed by atoms with Crippen molar-refractivity contribution in [3.05, 3.63) is 107 Å². The molecular weight excluding hydrogens is 388 g/mol. The van der Waals surface area contributed by atoms with Crippen LogP contribution < -0.4 is 0 Å². The summed E-state index contributed by atoms with van der Waals surface area (Å²) in [4.78, 5) is 0. The number of aliphatic hydroxyl groups is 4. The summed E-state index contributed by atoms with van der Waals surface area (Å²) in [5.41, 5.74) is 3.82. The van der Waals surface area contributed by atoms with Gasteiger partial charge in [-0.2, -0.15) is 0 Å². The van der Waals surface area contributed by atoms with Gasteiger partial charge in [-0.3, -0.25) is 0 Å². The van der Waals surface area contributed by atoms with Gasteiger partial charge in [0.1, 0.15) is 11.5 Å². The first-order valence-corrected chi connectivity index (χ1v) is 10.9. The zero-order chi connectivity index (χ0) is 23.1. The molecule has 0 aliphatic heterocycles. The first-order valence-electron chi connectivity index (χ1n) is 10.9. The summed E-state index contributed by atoms with van der Waals surface area (Å²) in [6.07, 6.45) is 22.8. The fourth-order valence-corrected chi connectivity index (χ4v) is 3.36. The van der Waals surface area contributed by atoms with Crippen molar-refractivity contribution in [1.29, 1.82) is 0 Å². The number of hydrogen-bond acceptors (Lipinski definition) is 4. The van der Waals surface area contributed by atoms with Gasteiger partial charge in [0.15, 0.2) is 0 Å². The number of allylic oxidation sites excluding steroid dienone is 14. The van der Waals surface area contributed by atoms with E-state index in [1.54, 1.807) is 36.5 Å². The molecule has 1 rings (SSSR count). The highest BCUT2D eigenvalue weighted by Gasteiger charge is 2.15. The molecule has 0 atom stereocenters. The zero-order valence-corrected chi connectivity index (χ0v) is 18.9. The highest BCUT2D eigenvalue weighted by atomic mass is 16.3. The summed E-state index contributed by atoms with van der Waals surface area (Å²) in [6.45, 7) is 6.01. The van der Waals surface area contributed by atoms with Crippen LogP contribution in [0, 0.1) is 0 Å². The fourth-order valence-electron chi connectivity index (χ4n) is 3.36. The van der Waals surface area contributed by atoms with Gasteiger partial charge in [-0.25, -0.2) is 0 Å². The molecule has 1 aliphatic carbocycles. The number of rotatable bonds is 11. The number of aliphatic hydroxyl groups excluding tert-OH is 4. The van der Waals surface area contributed by atoms with Crippen molar-refractivity contribution in [2.45, 2.75) is 59.3 Å². The van der Waals surface area contributed by atoms with E-state index in [9.17, 15) is 15.3 Å². The lowest BCUT2D eigenvalue weighted by Gasteiger charge is -2.18. The molecule has 1 aliphatic rings. The fraction of sp³-hybridized carbons (Fsp3) is 0.333. The Labute approximate surface area is 186 Å². The van der Waals surface area contributed by atoms with Crippen LogP contribution in [-0.2, 0) is 0 Å². The van der Waals surface area contributed by atoms with E-state index in [0.29, 0.717) is 12.8 Å². The van der Waals surface area contributed by atoms with Gasteiger partial charge in [-0.1, -0.05) is 44.6 Å². The minimum absolute atomic E-state index is 0.120. The normalized spacial score (nSPS) is 17.1. The third kappa shape index (κ3) is 9.47. The first-order chi connectivity index (χ1) is 15.0. The molecule has 4 nitrogen and oxygen atoms in total. The second kappa shape index (κ2) is 14.8. The molecule has 0 aromatic heterocycles. The lowest BCUT2D eigenvalue weighted by molar-refractivity contribution is 0.395. The van der Waals surface area contributed by atoms with Crippen molar-refractivity contribution in [2.75, 3.05) is 0 Å². The quantitative estimate of drug-likeness (QED) is 0.200. The van der Waals surface area contributed by atoms with Gasteiger partial charge in [0.2, 0.25) is 0 Å². The third-order valence-corrected chi connectivity index (χ3v) is 4.68. The van der Waals surface area contributed by atoms with Crippen molar-refractivity contribution in [2.24, 2.45) is 0 Å². The summed E-state index contributed by atoms with van der Waals surface area (Å²) in [5, 5.41) is 39.5. The Morgan fingerprint density at radius 2 is 1.87 bits per heavy atom. The maximum Gasteiger partial charge on any atom is 0.112 e. The van der Waals surface area contributed by atoms with Crippen molar-refractivity contribution < 1.29 is 20.4 Å². The molecule has 0 spiro atoms. The van der Waals surface area contributed by atoms with Gasteiger partial charge in [-0.05, 0) is 91.4 Å². The van der Waals surface area contributed by atoms with Crippen LogP contribution in [0.5, 0.6) is 0 Å². The maximum atomic E-state index is 10.2. The Kier molecular flexibility index (Phi) is 12.3. The summed E-state index contributed by atoms with van der Waals surface area (Å²) in [7, 11) is 0. The standard InChI is InChI=1S/C27H36O4/c1-4-10-21(13-9-18-28)26(12-6-3)27(15-8-7-14-23(29)11-5-2)22-19-24(30)16-17-25(31)20-22/h4,7,9-11,13-14,16,18-20,28-31H,5-6,8,12,15,17H2,1-3H3/b10-4-,14-7-,18-9+,21-13+,23-11+,27-26+. The Morgan fingerprint density at radius 1 is 1.10 bits per heavy atom. The van der Waals surface area contributed by atoms with Gasteiger partial charge in [0.05, 0.1) is 12.0 Å². The first kappa shape index (κ1) is 25.9. The number of hydrogen-bond donors (Lipinski definition) is 4. The smallest absolute Gasteiger partial charge is 0.112 e. The molecule has 4 N–H and O–H groups in total. The van der Waals surface area contributed by atoms with Gasteiger partial charge in [0, 0.05) is 6.42 Å². The lowest BCUT2D eigenvalue weighted by atomic mass is 9.87. The zero-order valence-electron chi connectivity index (χ0n) is 18.9. The van der Waals surface area contributed by atoms with E-state index < -0.39 is 0 Å². The molecule has 0 aromatic rings. The van der Waals surface area contributed by atoms with Crippen molar-refractivity contribution in [3.63, 3.8) is 0 Å². The summed E-state index contributed by atoms with van der Waals surface area (Å²) >= 11 is 0. The molecule has 0 saturated carbocycles. The molecule has 0 saturated heterocycles. The molecule has 0 amide bonds. The monoisotopic (exact) mass is 424 g/mol. The molecule has 0 aromatic carbocycles. The van der Waals surface area contributed by atoms with Crippen LogP contribution in [0.4, 0.5) is 0 Å². The van der Waals surface area contributed by atoms with Crippen LogP contribution in [0.25, 0.3) is 0 Å². The summed E-state index contributed by atoms with van der Waals surface area (Å²) < 4.78 is 0. The molecule has 4 heteroatoms. The Morgan fingerprint density at radius 3 is 2.52 bits per heavy atom. The third-order valence-electron chi connectivity index (χ3n) is 4.68. The molecule has 0 fully saturated rings. The van der Waals surface area contributed by atoms with E-state index in [1.165, 1.54) is 0 Å². The molecule has 31 heavy (non-hydrogen) atoms. The Balaban J connectivity index is 3.57. The average molecular weight is 425 g/mol. The highest BCUT2D eigenvalue weighted by molar-refractivity contribution is 5.55. The predicted octanol–water partition coefficient (Wildman–Crippen LogP) is 8.06. The predicted molar refractivity (Wildman–Crippen MR) is 130 cm³/mol. The van der Waals surface area contributed by atoms with E-state index in [1.807, 2.05) is 38.2 Å². The van der Waals surface area contributed by atoms with Crippen LogP contribution in [-0.4, -0.2) is 20.4 Å². The minimum Gasteiger partial charge on any atom is -0.516 e. The summed E-state index contributed by atoms with van der Waals surface area (Å²) in [5.74, 6) is 0.556. The summed E-state index contributed by atoms with van der Waals surface area (Å²) in [6, 6.07) is 0. The van der Waals surface area contributed by atoms with Crippen LogP contribution in [0.3, 0.4) is 0 Å². The lowest BCUT2D eigenvalue weighted by Crippen LogP contribution is -2.00. The molecule has 168 valence electrons. The largest absolute Gasteiger partial charge is 0.516 e. The minimum atomic E-state index is 0.120. The van der Waals surface area contributed by atoms with Crippen molar-refractivity contribution in [1.82, 2.24) is 0 Å². The molecule has 0 bridgehead atoms. The van der Waals surface area contributed by atoms with E-state index in [4.69, 9.17) is 5.11 Å². The molecular formula is C27H36O4. The maximum absolute atomic E-state index is 10.2. The van der Waals surface area contributed by atoms with Gasteiger partial charge < -0.3 is 20.4 Å². The SMILES string of the molecule is C\C=C/C(=C\C=C\O)C(/CCC)=C(\CC/C=C\C(O)=C/CC)C1=CC(O)=CCC(O)=C1. The highest BCUT2D eigenvalue weighted by Crippen LogP contribution is 2.32. The Hall–Kier alpha value is -3.14. The topological polar surface area (TPSA) is 80.9 Å². The molecule has 0 heterocycles. The van der Waals surface area contributed by atoms with Crippen molar-refractivity contribution in [3.8, 4) is 0 Å². The van der Waals surface area contributed by atoms with E-state index in [0.717, 1.165) is 47.8 Å². The average Bonchev–Trinajstić information content (AvgIpc) is 2.90. The van der Waals surface area contributed by atoms with Crippen molar-refractivity contribution >= 4 is 0 Å². The van der Waals surface area contributed by atoms with Crippen LogP contribution in [0.1, 0.15) is 59.3 Å². The second-order valence-corrected chi connectivity index (χ2v) is 7.22.